The van der Waals surface area contributed by atoms with Crippen LogP contribution in [0.15, 0.2) is 0 Å². The zero-order valence-corrected chi connectivity index (χ0v) is 59.2. The summed E-state index contributed by atoms with van der Waals surface area (Å²) >= 11 is 26.9. The highest BCUT2D eigenvalue weighted by molar-refractivity contribution is 7.81. The van der Waals surface area contributed by atoms with Crippen LogP contribution in [0, 0.1) is 43.3 Å². The summed E-state index contributed by atoms with van der Waals surface area (Å²) in [5, 5.41) is 0. The monoisotopic (exact) mass is 1290 g/mol. The van der Waals surface area contributed by atoms with E-state index in [4.69, 9.17) is 33.2 Å². The molecule has 0 radical (unpaired) electrons. The number of rotatable bonds is 52. The minimum Gasteiger partial charge on any atom is -0.464 e. The number of carbonyl (C=O) groups excluding carboxylic acids is 6. The van der Waals surface area contributed by atoms with Crippen LogP contribution in [-0.4, -0.2) is 123 Å². The summed E-state index contributed by atoms with van der Waals surface area (Å²) in [6.07, 6.45) is 13.1. The number of hydrogen-bond acceptors (Lipinski definition) is 19. The van der Waals surface area contributed by atoms with Crippen LogP contribution in [0.25, 0.3) is 0 Å². The Balaban J connectivity index is 8.78. The first-order chi connectivity index (χ1) is 39.6. The van der Waals surface area contributed by atoms with Crippen molar-refractivity contribution in [2.45, 2.75) is 237 Å². The van der Waals surface area contributed by atoms with Crippen molar-refractivity contribution in [3.8, 4) is 0 Å². The van der Waals surface area contributed by atoms with Crippen LogP contribution in [0.3, 0.4) is 0 Å². The summed E-state index contributed by atoms with van der Waals surface area (Å²) in [5.41, 5.74) is -8.20. The molecule has 0 spiro atoms. The molecule has 0 rings (SSSR count). The molecule has 488 valence electrons. The number of carbonyl (C=O) groups is 6. The molecule has 0 aliphatic heterocycles. The molecule has 0 N–H and O–H groups in total. The van der Waals surface area contributed by atoms with Crippen LogP contribution in [0.2, 0.25) is 0 Å². The molecule has 0 amide bonds. The van der Waals surface area contributed by atoms with Crippen molar-refractivity contribution in [1.29, 1.82) is 0 Å². The van der Waals surface area contributed by atoms with Gasteiger partial charge in [0.25, 0.3) is 0 Å². The largest absolute Gasteiger partial charge is 0.464 e. The summed E-state index contributed by atoms with van der Waals surface area (Å²) in [6, 6.07) is 0. The van der Waals surface area contributed by atoms with Crippen molar-refractivity contribution in [3.05, 3.63) is 0 Å². The Morgan fingerprint density at radius 2 is 0.373 bits per heavy atom. The molecule has 0 aromatic rings. The summed E-state index contributed by atoms with van der Waals surface area (Å²) < 4.78 is 45.7. The SMILES string of the molecule is CCC(CC)(CCCS)C(=O)OCC(COCC(COC(=O)C(CC)(CC)CCCS)(COC(=O)C(CC)(CC)CCCS)COC(=O)C(CC)(CC)CCCS)(COC(=O)C(CC)(CC)CCCS)COC(=O)C(CC)(CC)CCCS. The van der Waals surface area contributed by atoms with Gasteiger partial charge in [-0.15, -0.1) is 0 Å². The van der Waals surface area contributed by atoms with Crippen molar-refractivity contribution in [2.75, 3.05) is 87.4 Å². The minimum atomic E-state index is -1.54. The van der Waals surface area contributed by atoms with Gasteiger partial charge in [0.05, 0.1) is 56.5 Å². The van der Waals surface area contributed by atoms with Gasteiger partial charge in [-0.3, -0.25) is 28.8 Å². The lowest BCUT2D eigenvalue weighted by Gasteiger charge is -2.40. The van der Waals surface area contributed by atoms with Gasteiger partial charge in [-0.25, -0.2) is 0 Å². The van der Waals surface area contributed by atoms with Gasteiger partial charge in [0.15, 0.2) is 0 Å². The van der Waals surface area contributed by atoms with Crippen LogP contribution in [0.1, 0.15) is 237 Å². The molecule has 0 heterocycles. The Morgan fingerprint density at radius 3 is 0.482 bits per heavy atom. The van der Waals surface area contributed by atoms with Gasteiger partial charge in [0.1, 0.15) is 39.6 Å². The van der Waals surface area contributed by atoms with E-state index in [2.05, 4.69) is 75.8 Å². The Hall–Kier alpha value is -1.12. The lowest BCUT2D eigenvalue weighted by atomic mass is 9.78. The summed E-state index contributed by atoms with van der Waals surface area (Å²) in [6.45, 7) is 20.5. The lowest BCUT2D eigenvalue weighted by Crippen LogP contribution is -2.50. The fraction of sp³-hybridized carbons (Fsp3) is 0.906. The maximum Gasteiger partial charge on any atom is 0.312 e. The lowest BCUT2D eigenvalue weighted by molar-refractivity contribution is -0.188. The summed E-state index contributed by atoms with van der Waals surface area (Å²) in [7, 11) is 0. The first-order valence-corrected chi connectivity index (χ1v) is 35.6. The first-order valence-electron chi connectivity index (χ1n) is 31.8. The predicted octanol–water partition coefficient (Wildman–Crippen LogP) is 15.3. The van der Waals surface area contributed by atoms with Crippen molar-refractivity contribution in [1.82, 2.24) is 0 Å². The van der Waals surface area contributed by atoms with Gasteiger partial charge < -0.3 is 33.2 Å². The summed E-state index contributed by atoms with van der Waals surface area (Å²) in [4.78, 5) is 88.1. The number of thiol groups is 6. The van der Waals surface area contributed by atoms with E-state index < -0.39 is 79.1 Å². The van der Waals surface area contributed by atoms with Gasteiger partial charge >= 0.3 is 35.8 Å². The van der Waals surface area contributed by atoms with E-state index in [0.29, 0.717) is 189 Å². The minimum absolute atomic E-state index is 0.342. The molecular formula is C64H118O13S6. The number of hydrogen-bond donors (Lipinski definition) is 6. The smallest absolute Gasteiger partial charge is 0.312 e. The van der Waals surface area contributed by atoms with Gasteiger partial charge in [-0.05, 0) is 189 Å². The van der Waals surface area contributed by atoms with Crippen LogP contribution >= 0.6 is 75.8 Å². The molecule has 0 aromatic carbocycles. The van der Waals surface area contributed by atoms with Crippen LogP contribution in [-0.2, 0) is 61.9 Å². The Labute approximate surface area is 537 Å². The van der Waals surface area contributed by atoms with Crippen LogP contribution < -0.4 is 0 Å². The molecule has 0 fully saturated rings. The van der Waals surface area contributed by atoms with Crippen molar-refractivity contribution in [3.63, 3.8) is 0 Å². The zero-order valence-electron chi connectivity index (χ0n) is 53.9. The second-order valence-corrected chi connectivity index (χ2v) is 26.5. The molecule has 0 atom stereocenters. The Morgan fingerprint density at radius 1 is 0.241 bits per heavy atom. The molecule has 0 unspecified atom stereocenters. The predicted molar refractivity (Wildman–Crippen MR) is 358 cm³/mol. The average molecular weight is 1290 g/mol. The zero-order chi connectivity index (χ0) is 63.3. The van der Waals surface area contributed by atoms with E-state index in [1.807, 2.05) is 83.1 Å². The molecule has 0 aliphatic rings. The van der Waals surface area contributed by atoms with E-state index in [0.717, 1.165) is 0 Å². The second-order valence-electron chi connectivity index (χ2n) is 23.8. The maximum absolute atomic E-state index is 14.7. The highest BCUT2D eigenvalue weighted by atomic mass is 32.1. The van der Waals surface area contributed by atoms with Crippen LogP contribution in [0.5, 0.6) is 0 Å². The van der Waals surface area contributed by atoms with E-state index in [-0.39, 0.29) is 52.9 Å². The maximum atomic E-state index is 14.7. The summed E-state index contributed by atoms with van der Waals surface area (Å²) in [5.74, 6) is 0.747. The first kappa shape index (κ1) is 81.9. The van der Waals surface area contributed by atoms with Gasteiger partial charge in [-0.2, -0.15) is 75.8 Å². The highest BCUT2D eigenvalue weighted by Gasteiger charge is 2.48. The van der Waals surface area contributed by atoms with Crippen LogP contribution in [0.4, 0.5) is 0 Å². The Kier molecular flexibility index (Phi) is 42.2. The third-order valence-electron chi connectivity index (χ3n) is 19.5. The van der Waals surface area contributed by atoms with Crippen molar-refractivity contribution in [2.24, 2.45) is 43.3 Å². The molecule has 0 saturated heterocycles. The topological polar surface area (TPSA) is 167 Å². The molecule has 13 nitrogen and oxygen atoms in total. The molecular weight excluding hydrogens is 1170 g/mol. The molecule has 0 bridgehead atoms. The normalized spacial score (nSPS) is 12.9. The molecule has 19 heteroatoms. The average Bonchev–Trinajstić information content (AvgIpc) is 3.57. The van der Waals surface area contributed by atoms with E-state index in [1.165, 1.54) is 0 Å². The number of esters is 6. The Bertz CT molecular complexity index is 1500. The molecule has 83 heavy (non-hydrogen) atoms. The van der Waals surface area contributed by atoms with Crippen molar-refractivity contribution < 1.29 is 61.9 Å². The quantitative estimate of drug-likeness (QED) is 0.0194. The van der Waals surface area contributed by atoms with Gasteiger partial charge in [-0.1, -0.05) is 83.1 Å². The third kappa shape index (κ3) is 24.0. The van der Waals surface area contributed by atoms with Crippen molar-refractivity contribution >= 4 is 112 Å². The van der Waals surface area contributed by atoms with E-state index >= 15 is 0 Å². The third-order valence-corrected chi connectivity index (χ3v) is 21.4. The fourth-order valence-corrected chi connectivity index (χ4v) is 12.6. The van der Waals surface area contributed by atoms with E-state index in [9.17, 15) is 28.8 Å². The standard InChI is InChI=1S/C64H118O13S6/c1-13-59(14-2,31-25-37-78)51(65)72-45-57(46-73-52(66)60(15-3,16-4)32-26-38-79,47-74-53(67)61(17-5,18-6)33-27-39-80)43-71-44-58(48-75-54(68)62(19-7,20-8)34-28-40-81,49-76-55(69)63(21-9,22-10)35-29-41-82)50-77-56(70)64(23-11,24-12)36-30-42-83/h78-83H,13-50H2,1-12H3. The fourth-order valence-electron chi connectivity index (χ4n) is 11.7. The highest BCUT2D eigenvalue weighted by Crippen LogP contribution is 2.42. The van der Waals surface area contributed by atoms with Gasteiger partial charge in [0.2, 0.25) is 0 Å². The molecule has 0 aliphatic carbocycles. The van der Waals surface area contributed by atoms with Gasteiger partial charge in [0, 0.05) is 0 Å². The van der Waals surface area contributed by atoms with E-state index in [1.54, 1.807) is 0 Å². The second kappa shape index (κ2) is 42.7. The number of ether oxygens (including phenoxy) is 7. The molecule has 0 saturated carbocycles. The molecule has 0 aromatic heterocycles.